The van der Waals surface area contributed by atoms with E-state index in [9.17, 15) is 9.18 Å². The standard InChI is InChI=1S/C11H9FN2O/c12-10-6-8(7-13)4-5-9(10)2-1-3-11(14)15/h1-2,4-6H,3H2,(H2,14,15). The van der Waals surface area contributed by atoms with E-state index in [0.29, 0.717) is 5.56 Å². The molecule has 0 aliphatic rings. The quantitative estimate of drug-likeness (QED) is 0.812. The molecule has 15 heavy (non-hydrogen) atoms. The number of rotatable bonds is 3. The van der Waals surface area contributed by atoms with Crippen LogP contribution < -0.4 is 5.73 Å². The third kappa shape index (κ3) is 3.24. The summed E-state index contributed by atoms with van der Waals surface area (Å²) < 4.78 is 13.2. The van der Waals surface area contributed by atoms with Crippen LogP contribution in [-0.4, -0.2) is 5.91 Å². The van der Waals surface area contributed by atoms with E-state index in [-0.39, 0.29) is 12.0 Å². The highest BCUT2D eigenvalue weighted by atomic mass is 19.1. The number of hydrogen-bond acceptors (Lipinski definition) is 2. The highest BCUT2D eigenvalue weighted by Gasteiger charge is 1.99. The number of carbonyl (C=O) groups is 1. The highest BCUT2D eigenvalue weighted by molar-refractivity contribution is 5.76. The van der Waals surface area contributed by atoms with Crippen molar-refractivity contribution in [3.8, 4) is 6.07 Å². The maximum atomic E-state index is 13.2. The van der Waals surface area contributed by atoms with Gasteiger partial charge in [0, 0.05) is 12.0 Å². The fourth-order valence-corrected chi connectivity index (χ4v) is 1.03. The molecule has 76 valence electrons. The van der Waals surface area contributed by atoms with Gasteiger partial charge in [0.15, 0.2) is 0 Å². The van der Waals surface area contributed by atoms with Crippen LogP contribution >= 0.6 is 0 Å². The SMILES string of the molecule is N#Cc1ccc(C=CCC(N)=O)c(F)c1. The van der Waals surface area contributed by atoms with E-state index in [2.05, 4.69) is 0 Å². The largest absolute Gasteiger partial charge is 0.369 e. The van der Waals surface area contributed by atoms with Gasteiger partial charge in [0.1, 0.15) is 5.82 Å². The summed E-state index contributed by atoms with van der Waals surface area (Å²) in [5.41, 5.74) is 5.51. The predicted octanol–water partition coefficient (Wildman–Crippen LogP) is 1.59. The Labute approximate surface area is 86.6 Å². The fourth-order valence-electron chi connectivity index (χ4n) is 1.03. The van der Waals surface area contributed by atoms with Crippen molar-refractivity contribution in [3.05, 3.63) is 41.2 Å². The second-order valence-corrected chi connectivity index (χ2v) is 2.92. The number of primary amides is 1. The van der Waals surface area contributed by atoms with Crippen molar-refractivity contribution in [2.75, 3.05) is 0 Å². The zero-order valence-electron chi connectivity index (χ0n) is 7.90. The molecule has 0 unspecified atom stereocenters. The molecule has 2 N–H and O–H groups in total. The van der Waals surface area contributed by atoms with E-state index < -0.39 is 11.7 Å². The molecule has 1 aromatic carbocycles. The van der Waals surface area contributed by atoms with Crippen LogP contribution in [0.3, 0.4) is 0 Å². The van der Waals surface area contributed by atoms with Crippen LogP contribution in [0.1, 0.15) is 17.5 Å². The van der Waals surface area contributed by atoms with Crippen molar-refractivity contribution in [2.45, 2.75) is 6.42 Å². The summed E-state index contributed by atoms with van der Waals surface area (Å²) in [5, 5.41) is 8.51. The molecular formula is C11H9FN2O. The molecule has 0 saturated carbocycles. The van der Waals surface area contributed by atoms with Gasteiger partial charge in [0.05, 0.1) is 11.6 Å². The molecule has 0 bridgehead atoms. The van der Waals surface area contributed by atoms with Gasteiger partial charge >= 0.3 is 0 Å². The Morgan fingerprint density at radius 3 is 2.87 bits per heavy atom. The van der Waals surface area contributed by atoms with Crippen molar-refractivity contribution in [3.63, 3.8) is 0 Å². The molecule has 0 atom stereocenters. The lowest BCUT2D eigenvalue weighted by Crippen LogP contribution is -2.07. The molecule has 0 fully saturated rings. The normalized spacial score (nSPS) is 10.1. The number of halogens is 1. The highest BCUT2D eigenvalue weighted by Crippen LogP contribution is 2.11. The predicted molar refractivity (Wildman–Crippen MR) is 54.0 cm³/mol. The van der Waals surface area contributed by atoms with Crippen LogP contribution in [0.4, 0.5) is 4.39 Å². The molecule has 0 aliphatic heterocycles. The number of benzene rings is 1. The lowest BCUT2D eigenvalue weighted by atomic mass is 10.1. The fraction of sp³-hybridized carbons (Fsp3) is 0.0909. The number of carbonyl (C=O) groups excluding carboxylic acids is 1. The summed E-state index contributed by atoms with van der Waals surface area (Å²) in [7, 11) is 0. The molecule has 0 radical (unpaired) electrons. The van der Waals surface area contributed by atoms with Crippen LogP contribution in [-0.2, 0) is 4.79 Å². The topological polar surface area (TPSA) is 66.9 Å². The average molecular weight is 204 g/mol. The number of nitrogens with two attached hydrogens (primary N) is 1. The van der Waals surface area contributed by atoms with Crippen molar-refractivity contribution >= 4 is 12.0 Å². The van der Waals surface area contributed by atoms with E-state index in [1.807, 2.05) is 6.07 Å². The van der Waals surface area contributed by atoms with E-state index in [0.717, 1.165) is 6.07 Å². The Kier molecular flexibility index (Phi) is 3.58. The molecule has 3 nitrogen and oxygen atoms in total. The summed E-state index contributed by atoms with van der Waals surface area (Å²) in [4.78, 5) is 10.4. The maximum Gasteiger partial charge on any atom is 0.221 e. The minimum atomic E-state index is -0.491. The van der Waals surface area contributed by atoms with Gasteiger partial charge in [-0.05, 0) is 12.1 Å². The molecule has 0 saturated heterocycles. The van der Waals surface area contributed by atoms with Crippen LogP contribution in [0, 0.1) is 17.1 Å². The van der Waals surface area contributed by atoms with Crippen molar-refractivity contribution in [1.29, 1.82) is 5.26 Å². The third-order valence-corrected chi connectivity index (χ3v) is 1.75. The lowest BCUT2D eigenvalue weighted by molar-refractivity contribution is -0.117. The number of nitriles is 1. The smallest absolute Gasteiger partial charge is 0.221 e. The first-order chi connectivity index (χ1) is 7.13. The van der Waals surface area contributed by atoms with Gasteiger partial charge in [0.25, 0.3) is 0 Å². The monoisotopic (exact) mass is 204 g/mol. The Hall–Kier alpha value is -2.15. The minimum Gasteiger partial charge on any atom is -0.369 e. The summed E-state index contributed by atoms with van der Waals surface area (Å²) >= 11 is 0. The first kappa shape index (κ1) is 10.9. The van der Waals surface area contributed by atoms with Crippen molar-refractivity contribution < 1.29 is 9.18 Å². The first-order valence-corrected chi connectivity index (χ1v) is 4.28. The lowest BCUT2D eigenvalue weighted by Gasteiger charge is -1.96. The van der Waals surface area contributed by atoms with Crippen LogP contribution in [0.2, 0.25) is 0 Å². The first-order valence-electron chi connectivity index (χ1n) is 4.28. The van der Waals surface area contributed by atoms with Crippen LogP contribution in [0.5, 0.6) is 0 Å². The van der Waals surface area contributed by atoms with E-state index in [4.69, 9.17) is 11.0 Å². The Bertz CT molecular complexity index is 446. The summed E-state index contributed by atoms with van der Waals surface area (Å²) in [5.74, 6) is -0.963. The van der Waals surface area contributed by atoms with Gasteiger partial charge in [-0.1, -0.05) is 18.2 Å². The number of nitrogens with zero attached hydrogens (tertiary/aromatic N) is 1. The summed E-state index contributed by atoms with van der Waals surface area (Å²) in [6.45, 7) is 0. The minimum absolute atomic E-state index is 0.0689. The molecule has 1 amide bonds. The van der Waals surface area contributed by atoms with Gasteiger partial charge < -0.3 is 5.73 Å². The molecule has 0 aromatic heterocycles. The van der Waals surface area contributed by atoms with E-state index in [1.54, 1.807) is 0 Å². The van der Waals surface area contributed by atoms with Gasteiger partial charge in [-0.2, -0.15) is 5.26 Å². The maximum absolute atomic E-state index is 13.2. The molecule has 0 aliphatic carbocycles. The van der Waals surface area contributed by atoms with Crippen molar-refractivity contribution in [1.82, 2.24) is 0 Å². The van der Waals surface area contributed by atoms with Gasteiger partial charge in [-0.3, -0.25) is 4.79 Å². The van der Waals surface area contributed by atoms with E-state index >= 15 is 0 Å². The van der Waals surface area contributed by atoms with Crippen LogP contribution in [0.25, 0.3) is 6.08 Å². The molecule has 1 aromatic rings. The summed E-state index contributed by atoms with van der Waals surface area (Å²) in [6, 6.07) is 5.96. The molecule has 4 heteroatoms. The average Bonchev–Trinajstić information content (AvgIpc) is 2.20. The Balaban J connectivity index is 2.83. The zero-order valence-corrected chi connectivity index (χ0v) is 7.90. The number of amides is 1. The molecule has 0 spiro atoms. The van der Waals surface area contributed by atoms with Gasteiger partial charge in [-0.15, -0.1) is 0 Å². The van der Waals surface area contributed by atoms with E-state index in [1.165, 1.54) is 24.3 Å². The summed E-state index contributed by atoms with van der Waals surface area (Å²) in [6.07, 6.45) is 3.01. The third-order valence-electron chi connectivity index (χ3n) is 1.75. The Morgan fingerprint density at radius 1 is 1.60 bits per heavy atom. The molecular weight excluding hydrogens is 195 g/mol. The second kappa shape index (κ2) is 4.91. The Morgan fingerprint density at radius 2 is 2.33 bits per heavy atom. The van der Waals surface area contributed by atoms with Gasteiger partial charge in [0.2, 0.25) is 5.91 Å². The van der Waals surface area contributed by atoms with Crippen molar-refractivity contribution in [2.24, 2.45) is 5.73 Å². The second-order valence-electron chi connectivity index (χ2n) is 2.92. The molecule has 0 heterocycles. The van der Waals surface area contributed by atoms with Gasteiger partial charge in [-0.25, -0.2) is 4.39 Å². The zero-order chi connectivity index (χ0) is 11.3. The van der Waals surface area contributed by atoms with Crippen LogP contribution in [0.15, 0.2) is 24.3 Å². The number of hydrogen-bond donors (Lipinski definition) is 1. The molecule has 1 rings (SSSR count).